The summed E-state index contributed by atoms with van der Waals surface area (Å²) in [5, 5.41) is 0.972. The Bertz CT molecular complexity index is 1370. The van der Waals surface area contributed by atoms with Gasteiger partial charge in [-0.15, -0.1) is 0 Å². The van der Waals surface area contributed by atoms with E-state index in [9.17, 15) is 0 Å². The normalized spacial score (nSPS) is 18.1. The van der Waals surface area contributed by atoms with Crippen LogP contribution >= 0.6 is 0 Å². The van der Waals surface area contributed by atoms with Crippen molar-refractivity contribution in [3.05, 3.63) is 66.2 Å². The Hall–Kier alpha value is -3.51. The first kappa shape index (κ1) is 24.2. The first-order chi connectivity index (χ1) is 17.4. The van der Waals surface area contributed by atoms with Crippen molar-refractivity contribution >= 4 is 16.7 Å². The predicted molar refractivity (Wildman–Crippen MR) is 146 cm³/mol. The Labute approximate surface area is 213 Å². The Morgan fingerprint density at radius 1 is 0.917 bits per heavy atom. The number of pyridine rings is 3. The summed E-state index contributed by atoms with van der Waals surface area (Å²) in [5.41, 5.74) is 7.06. The molecule has 0 amide bonds. The third kappa shape index (κ3) is 4.53. The highest BCUT2D eigenvalue weighted by atomic mass is 16.5. The second kappa shape index (κ2) is 9.86. The Kier molecular flexibility index (Phi) is 6.63. The molecule has 1 saturated heterocycles. The minimum Gasteiger partial charge on any atom is -0.495 e. The second-order valence-electron chi connectivity index (χ2n) is 10.00. The first-order valence-corrected chi connectivity index (χ1v) is 12.7. The van der Waals surface area contributed by atoms with Gasteiger partial charge < -0.3 is 14.4 Å². The molecule has 0 aliphatic carbocycles. The Balaban J connectivity index is 1.53. The number of nitrogens with zero attached hydrogens (tertiary/aromatic N) is 4. The molecule has 0 spiro atoms. The van der Waals surface area contributed by atoms with E-state index in [0.29, 0.717) is 5.92 Å². The van der Waals surface area contributed by atoms with Crippen molar-refractivity contribution in [3.8, 4) is 28.0 Å². The standard InChI is InChI=1S/C30H34N4O2/c1-18(2)27-12-11-23(21(5)33-27)24-8-7-9-25-29(24)32-15-26(30(25)35-6)22-10-13-28(31-14-22)34-16-19(3)36-20(4)17-34/h7-15,18-20H,16-17H2,1-6H3/t19-,20+. The van der Waals surface area contributed by atoms with Gasteiger partial charge in [0.15, 0.2) is 0 Å². The summed E-state index contributed by atoms with van der Waals surface area (Å²) in [7, 11) is 1.72. The number of methoxy groups -OCH3 is 1. The maximum Gasteiger partial charge on any atom is 0.137 e. The summed E-state index contributed by atoms with van der Waals surface area (Å²) in [6.07, 6.45) is 4.18. The Morgan fingerprint density at radius 3 is 2.33 bits per heavy atom. The van der Waals surface area contributed by atoms with E-state index < -0.39 is 0 Å². The summed E-state index contributed by atoms with van der Waals surface area (Å²) >= 11 is 0. The lowest BCUT2D eigenvalue weighted by Gasteiger charge is -2.36. The molecule has 3 aromatic heterocycles. The lowest BCUT2D eigenvalue weighted by atomic mass is 9.97. The van der Waals surface area contributed by atoms with E-state index in [1.54, 1.807) is 7.11 Å². The van der Waals surface area contributed by atoms with E-state index >= 15 is 0 Å². The molecule has 4 heterocycles. The van der Waals surface area contributed by atoms with E-state index in [1.807, 2.05) is 12.4 Å². The molecule has 5 rings (SSSR count). The highest BCUT2D eigenvalue weighted by molar-refractivity contribution is 6.00. The highest BCUT2D eigenvalue weighted by Gasteiger charge is 2.23. The van der Waals surface area contributed by atoms with Crippen LogP contribution in [0, 0.1) is 6.92 Å². The zero-order chi connectivity index (χ0) is 25.4. The zero-order valence-corrected chi connectivity index (χ0v) is 21.9. The fourth-order valence-corrected chi connectivity index (χ4v) is 5.13. The van der Waals surface area contributed by atoms with Gasteiger partial charge in [-0.25, -0.2) is 4.98 Å². The molecule has 4 aromatic rings. The fraction of sp³-hybridized carbons (Fsp3) is 0.367. The van der Waals surface area contributed by atoms with Crippen LogP contribution in [0.15, 0.2) is 54.9 Å². The van der Waals surface area contributed by atoms with Crippen LogP contribution in [-0.2, 0) is 4.74 Å². The number of hydrogen-bond acceptors (Lipinski definition) is 6. The number of para-hydroxylation sites is 1. The number of fused-ring (bicyclic) bond motifs is 1. The van der Waals surface area contributed by atoms with Gasteiger partial charge >= 0.3 is 0 Å². The van der Waals surface area contributed by atoms with Crippen LogP contribution in [0.2, 0.25) is 0 Å². The SMILES string of the molecule is COc1c(-c2ccc(N3C[C@@H](C)O[C@@H](C)C3)nc2)cnc2c(-c3ccc(C(C)C)nc3C)cccc12. The van der Waals surface area contributed by atoms with Gasteiger partial charge in [-0.05, 0) is 51.0 Å². The van der Waals surface area contributed by atoms with Crippen LogP contribution in [0.1, 0.15) is 45.0 Å². The van der Waals surface area contributed by atoms with Crippen molar-refractivity contribution in [2.45, 2.75) is 52.7 Å². The highest BCUT2D eigenvalue weighted by Crippen LogP contribution is 2.39. The number of rotatable bonds is 5. The number of benzene rings is 1. The molecule has 2 atom stereocenters. The molecule has 0 radical (unpaired) electrons. The zero-order valence-electron chi connectivity index (χ0n) is 21.9. The quantitative estimate of drug-likeness (QED) is 0.327. The van der Waals surface area contributed by atoms with Crippen LogP contribution in [0.5, 0.6) is 5.75 Å². The molecule has 6 heteroatoms. The molecule has 186 valence electrons. The third-order valence-corrected chi connectivity index (χ3v) is 6.84. The molecule has 1 fully saturated rings. The molecule has 0 bridgehead atoms. The first-order valence-electron chi connectivity index (χ1n) is 12.7. The van der Waals surface area contributed by atoms with Gasteiger partial charge in [0.25, 0.3) is 0 Å². The maximum absolute atomic E-state index is 5.95. The summed E-state index contributed by atoms with van der Waals surface area (Å²) < 4.78 is 11.8. The maximum atomic E-state index is 5.95. The molecule has 36 heavy (non-hydrogen) atoms. The average Bonchev–Trinajstić information content (AvgIpc) is 2.87. The molecule has 1 aliphatic rings. The van der Waals surface area contributed by atoms with E-state index in [2.05, 4.69) is 82.0 Å². The molecule has 1 aliphatic heterocycles. The number of aromatic nitrogens is 3. The fourth-order valence-electron chi connectivity index (χ4n) is 5.13. The van der Waals surface area contributed by atoms with Gasteiger partial charge in [0.05, 0.1) is 24.8 Å². The molecular weight excluding hydrogens is 448 g/mol. The summed E-state index contributed by atoms with van der Waals surface area (Å²) in [4.78, 5) is 16.8. The topological polar surface area (TPSA) is 60.4 Å². The number of aryl methyl sites for hydroxylation is 1. The molecule has 0 N–H and O–H groups in total. The van der Waals surface area contributed by atoms with Gasteiger partial charge in [0, 0.05) is 64.5 Å². The molecule has 1 aromatic carbocycles. The minimum atomic E-state index is 0.189. The third-order valence-electron chi connectivity index (χ3n) is 6.84. The van der Waals surface area contributed by atoms with E-state index in [0.717, 1.165) is 69.2 Å². The van der Waals surface area contributed by atoms with Gasteiger partial charge in [-0.3, -0.25) is 9.97 Å². The number of hydrogen-bond donors (Lipinski definition) is 0. The van der Waals surface area contributed by atoms with Crippen LogP contribution in [0.3, 0.4) is 0 Å². The van der Waals surface area contributed by atoms with Crippen LogP contribution in [0.25, 0.3) is 33.2 Å². The lowest BCUT2D eigenvalue weighted by molar-refractivity contribution is -0.00545. The summed E-state index contributed by atoms with van der Waals surface area (Å²) in [6, 6.07) is 14.7. The molecule has 0 unspecified atom stereocenters. The number of ether oxygens (including phenoxy) is 2. The monoisotopic (exact) mass is 482 g/mol. The lowest BCUT2D eigenvalue weighted by Crippen LogP contribution is -2.45. The summed E-state index contributed by atoms with van der Waals surface area (Å²) in [6.45, 7) is 12.3. The number of morpholine rings is 1. The summed E-state index contributed by atoms with van der Waals surface area (Å²) in [5.74, 6) is 2.15. The second-order valence-corrected chi connectivity index (χ2v) is 10.00. The van der Waals surface area contributed by atoms with Gasteiger partial charge in [0.2, 0.25) is 0 Å². The van der Waals surface area contributed by atoms with E-state index in [1.165, 1.54) is 0 Å². The van der Waals surface area contributed by atoms with Gasteiger partial charge in [-0.1, -0.05) is 32.0 Å². The van der Waals surface area contributed by atoms with Crippen molar-refractivity contribution in [1.82, 2.24) is 15.0 Å². The van der Waals surface area contributed by atoms with Crippen LogP contribution < -0.4 is 9.64 Å². The van der Waals surface area contributed by atoms with Crippen molar-refractivity contribution < 1.29 is 9.47 Å². The van der Waals surface area contributed by atoms with Crippen LogP contribution in [-0.4, -0.2) is 47.4 Å². The molecular formula is C30H34N4O2. The van der Waals surface area contributed by atoms with Crippen molar-refractivity contribution in [3.63, 3.8) is 0 Å². The van der Waals surface area contributed by atoms with Crippen molar-refractivity contribution in [2.75, 3.05) is 25.1 Å². The van der Waals surface area contributed by atoms with Crippen molar-refractivity contribution in [2.24, 2.45) is 0 Å². The largest absolute Gasteiger partial charge is 0.495 e. The smallest absolute Gasteiger partial charge is 0.137 e. The minimum absolute atomic E-state index is 0.189. The number of anilines is 1. The van der Waals surface area contributed by atoms with E-state index in [-0.39, 0.29) is 12.2 Å². The van der Waals surface area contributed by atoms with E-state index in [4.69, 9.17) is 24.4 Å². The van der Waals surface area contributed by atoms with Crippen LogP contribution in [0.4, 0.5) is 5.82 Å². The predicted octanol–water partition coefficient (Wildman–Crippen LogP) is 6.41. The molecule has 0 saturated carbocycles. The van der Waals surface area contributed by atoms with Gasteiger partial charge in [0.1, 0.15) is 11.6 Å². The van der Waals surface area contributed by atoms with Gasteiger partial charge in [-0.2, -0.15) is 0 Å². The Morgan fingerprint density at radius 2 is 1.69 bits per heavy atom. The van der Waals surface area contributed by atoms with Crippen molar-refractivity contribution in [1.29, 1.82) is 0 Å². The molecule has 6 nitrogen and oxygen atoms in total. The average molecular weight is 483 g/mol.